The summed E-state index contributed by atoms with van der Waals surface area (Å²) in [6, 6.07) is 6.42. The number of benzene rings is 1. The molecule has 9 heteroatoms. The number of nitrogens with zero attached hydrogens (tertiary/aromatic N) is 2. The number of sulfonamides is 1. The maximum Gasteiger partial charge on any atom is 0.243 e. The normalized spacial score (nSPS) is 25.7. The summed E-state index contributed by atoms with van der Waals surface area (Å²) in [5.74, 6) is -0.521. The predicted molar refractivity (Wildman–Crippen MR) is 113 cm³/mol. The van der Waals surface area contributed by atoms with Crippen LogP contribution >= 0.6 is 11.6 Å². The third-order valence-electron chi connectivity index (χ3n) is 6.21. The van der Waals surface area contributed by atoms with Crippen molar-refractivity contribution in [1.82, 2.24) is 14.5 Å². The van der Waals surface area contributed by atoms with Crippen LogP contribution in [0, 0.1) is 11.8 Å². The zero-order valence-corrected chi connectivity index (χ0v) is 18.5. The molecule has 0 spiro atoms. The standard InChI is InChI=1S/C21H28ClN3O4S/c22-17-5-9-19(10-6-17)30(28,29)25-12-2-4-16(14-25)21(27)24-11-1-3-15(13-24)20(26)23-18-7-8-18/h5-6,9-10,15-16,18H,1-4,7-8,11-14H2,(H,23,26). The van der Waals surface area contributed by atoms with E-state index in [-0.39, 0.29) is 35.1 Å². The van der Waals surface area contributed by atoms with Crippen molar-refractivity contribution < 1.29 is 18.0 Å². The predicted octanol–water partition coefficient (Wildman–Crippen LogP) is 2.26. The second-order valence-corrected chi connectivity index (χ2v) is 10.9. The van der Waals surface area contributed by atoms with Gasteiger partial charge in [0.1, 0.15) is 0 Å². The largest absolute Gasteiger partial charge is 0.353 e. The summed E-state index contributed by atoms with van der Waals surface area (Å²) in [5, 5.41) is 3.52. The molecule has 3 aliphatic rings. The monoisotopic (exact) mass is 453 g/mol. The second-order valence-electron chi connectivity index (χ2n) is 8.56. The molecule has 30 heavy (non-hydrogen) atoms. The fourth-order valence-corrected chi connectivity index (χ4v) is 5.96. The second kappa shape index (κ2) is 8.85. The van der Waals surface area contributed by atoms with E-state index in [0.717, 1.165) is 25.7 Å². The molecule has 164 valence electrons. The molecule has 7 nitrogen and oxygen atoms in total. The van der Waals surface area contributed by atoms with Crippen molar-refractivity contribution in [2.45, 2.75) is 49.5 Å². The molecule has 1 aliphatic carbocycles. The molecule has 0 bridgehead atoms. The number of rotatable bonds is 5. The minimum atomic E-state index is -3.67. The highest BCUT2D eigenvalue weighted by Gasteiger charge is 2.37. The van der Waals surface area contributed by atoms with Crippen LogP contribution < -0.4 is 5.32 Å². The molecular formula is C21H28ClN3O4S. The van der Waals surface area contributed by atoms with Crippen molar-refractivity contribution in [2.75, 3.05) is 26.2 Å². The first-order chi connectivity index (χ1) is 14.3. The molecule has 4 rings (SSSR count). The zero-order chi connectivity index (χ0) is 21.3. The van der Waals surface area contributed by atoms with Gasteiger partial charge >= 0.3 is 0 Å². The lowest BCUT2D eigenvalue weighted by atomic mass is 9.93. The SMILES string of the molecule is O=C(NC1CC1)C1CCCN(C(=O)C2CCCN(S(=O)(=O)c3ccc(Cl)cc3)C2)C1. The molecule has 1 saturated carbocycles. The molecule has 2 amide bonds. The van der Waals surface area contributed by atoms with Gasteiger partial charge in [0.2, 0.25) is 21.8 Å². The first kappa shape index (κ1) is 21.6. The number of carbonyl (C=O) groups is 2. The topological polar surface area (TPSA) is 86.8 Å². The smallest absolute Gasteiger partial charge is 0.243 e. The first-order valence-electron chi connectivity index (χ1n) is 10.7. The van der Waals surface area contributed by atoms with Gasteiger partial charge in [-0.25, -0.2) is 8.42 Å². The first-order valence-corrected chi connectivity index (χ1v) is 12.5. The quantitative estimate of drug-likeness (QED) is 0.740. The summed E-state index contributed by atoms with van der Waals surface area (Å²) >= 11 is 5.88. The molecular weight excluding hydrogens is 426 g/mol. The van der Waals surface area contributed by atoms with E-state index < -0.39 is 10.0 Å². The highest BCUT2D eigenvalue weighted by Crippen LogP contribution is 2.28. The average molecular weight is 454 g/mol. The summed E-state index contributed by atoms with van der Waals surface area (Å²) in [6.45, 7) is 1.64. The van der Waals surface area contributed by atoms with Gasteiger partial charge in [-0.1, -0.05) is 11.6 Å². The van der Waals surface area contributed by atoms with E-state index in [1.54, 1.807) is 17.0 Å². The summed E-state index contributed by atoms with van der Waals surface area (Å²) < 4.78 is 27.4. The van der Waals surface area contributed by atoms with Crippen LogP contribution in [0.25, 0.3) is 0 Å². The van der Waals surface area contributed by atoms with Gasteiger partial charge in [0, 0.05) is 37.2 Å². The van der Waals surface area contributed by atoms with Gasteiger partial charge in [0.25, 0.3) is 0 Å². The Morgan fingerprint density at radius 3 is 2.30 bits per heavy atom. The Kier molecular flexibility index (Phi) is 6.36. The third-order valence-corrected chi connectivity index (χ3v) is 8.34. The van der Waals surface area contributed by atoms with Crippen LogP contribution in [0.3, 0.4) is 0 Å². The zero-order valence-electron chi connectivity index (χ0n) is 16.9. The van der Waals surface area contributed by atoms with Crippen LogP contribution in [0.1, 0.15) is 38.5 Å². The van der Waals surface area contributed by atoms with Crippen molar-refractivity contribution in [3.63, 3.8) is 0 Å². The number of amides is 2. The maximum atomic E-state index is 13.2. The van der Waals surface area contributed by atoms with Gasteiger partial charge in [-0.3, -0.25) is 9.59 Å². The molecule has 2 unspecified atom stereocenters. The minimum Gasteiger partial charge on any atom is -0.353 e. The number of carbonyl (C=O) groups excluding carboxylic acids is 2. The van der Waals surface area contributed by atoms with Crippen LogP contribution in [0.4, 0.5) is 0 Å². The summed E-state index contributed by atoms with van der Waals surface area (Å²) in [6.07, 6.45) is 4.99. The molecule has 2 aliphatic heterocycles. The van der Waals surface area contributed by atoms with Crippen molar-refractivity contribution >= 4 is 33.4 Å². The maximum absolute atomic E-state index is 13.2. The Hall–Kier alpha value is -1.64. The molecule has 3 fully saturated rings. The van der Waals surface area contributed by atoms with Gasteiger partial charge in [0.15, 0.2) is 0 Å². The summed E-state index contributed by atoms with van der Waals surface area (Å²) in [7, 11) is -3.67. The highest BCUT2D eigenvalue weighted by atomic mass is 35.5. The van der Waals surface area contributed by atoms with Crippen molar-refractivity contribution in [1.29, 1.82) is 0 Å². The fraction of sp³-hybridized carbons (Fsp3) is 0.619. The number of nitrogens with one attached hydrogen (secondary N) is 1. The van der Waals surface area contributed by atoms with Gasteiger partial charge in [-0.15, -0.1) is 0 Å². The number of likely N-dealkylation sites (tertiary alicyclic amines) is 1. The number of hydrogen-bond donors (Lipinski definition) is 1. The van der Waals surface area contributed by atoms with Crippen LogP contribution in [-0.2, 0) is 19.6 Å². The van der Waals surface area contributed by atoms with Crippen LogP contribution in [0.5, 0.6) is 0 Å². The van der Waals surface area contributed by atoms with Crippen LogP contribution in [-0.4, -0.2) is 61.7 Å². The van der Waals surface area contributed by atoms with Crippen molar-refractivity contribution in [3.8, 4) is 0 Å². The molecule has 2 saturated heterocycles. The molecule has 1 aromatic rings. The summed E-state index contributed by atoms with van der Waals surface area (Å²) in [5.41, 5.74) is 0. The fourth-order valence-electron chi connectivity index (χ4n) is 4.31. The minimum absolute atomic E-state index is 0.0325. The molecule has 1 aromatic carbocycles. The van der Waals surface area contributed by atoms with E-state index in [0.29, 0.717) is 43.5 Å². The van der Waals surface area contributed by atoms with Crippen LogP contribution in [0.15, 0.2) is 29.2 Å². The Morgan fingerprint density at radius 1 is 0.933 bits per heavy atom. The van der Waals surface area contributed by atoms with E-state index in [2.05, 4.69) is 5.32 Å². The van der Waals surface area contributed by atoms with E-state index in [9.17, 15) is 18.0 Å². The van der Waals surface area contributed by atoms with Gasteiger partial charge in [-0.05, 0) is 62.8 Å². The molecule has 2 atom stereocenters. The van der Waals surface area contributed by atoms with Gasteiger partial charge in [-0.2, -0.15) is 4.31 Å². The third kappa shape index (κ3) is 4.81. The lowest BCUT2D eigenvalue weighted by Crippen LogP contribution is -2.51. The summed E-state index contributed by atoms with van der Waals surface area (Å²) in [4.78, 5) is 27.5. The van der Waals surface area contributed by atoms with Crippen molar-refractivity contribution in [2.24, 2.45) is 11.8 Å². The number of halogens is 1. The van der Waals surface area contributed by atoms with E-state index in [1.807, 2.05) is 0 Å². The Balaban J connectivity index is 1.40. The Bertz CT molecular complexity index is 901. The van der Waals surface area contributed by atoms with Gasteiger partial charge < -0.3 is 10.2 Å². The number of piperidine rings is 2. The Labute approximate surface area is 182 Å². The molecule has 0 aromatic heterocycles. The van der Waals surface area contributed by atoms with Crippen molar-refractivity contribution in [3.05, 3.63) is 29.3 Å². The van der Waals surface area contributed by atoms with Crippen LogP contribution in [0.2, 0.25) is 5.02 Å². The lowest BCUT2D eigenvalue weighted by molar-refractivity contribution is -0.140. The highest BCUT2D eigenvalue weighted by molar-refractivity contribution is 7.89. The molecule has 2 heterocycles. The lowest BCUT2D eigenvalue weighted by Gasteiger charge is -2.37. The van der Waals surface area contributed by atoms with E-state index in [4.69, 9.17) is 11.6 Å². The molecule has 0 radical (unpaired) electrons. The molecule has 1 N–H and O–H groups in total. The Morgan fingerprint density at radius 2 is 1.60 bits per heavy atom. The average Bonchev–Trinajstić information content (AvgIpc) is 3.57. The van der Waals surface area contributed by atoms with E-state index >= 15 is 0 Å². The van der Waals surface area contributed by atoms with E-state index in [1.165, 1.54) is 16.4 Å². The number of hydrogen-bond acceptors (Lipinski definition) is 4. The van der Waals surface area contributed by atoms with Gasteiger partial charge in [0.05, 0.1) is 16.7 Å².